The zero-order valence-electron chi connectivity index (χ0n) is 8.76. The summed E-state index contributed by atoms with van der Waals surface area (Å²) in [4.78, 5) is 0. The Bertz CT molecular complexity index is 496. The second-order valence-electron chi connectivity index (χ2n) is 3.60. The van der Waals surface area contributed by atoms with Crippen LogP contribution in [0.4, 0.5) is 5.69 Å². The molecule has 0 atom stereocenters. The van der Waals surface area contributed by atoms with E-state index in [1.54, 1.807) is 11.3 Å². The number of benzene rings is 1. The van der Waals surface area contributed by atoms with E-state index < -0.39 is 0 Å². The van der Waals surface area contributed by atoms with Crippen LogP contribution in [0.1, 0.15) is 11.1 Å². The number of thiophene rings is 1. The lowest BCUT2D eigenvalue weighted by Gasteiger charge is -2.08. The molecule has 0 aliphatic carbocycles. The molecule has 1 heterocycles. The van der Waals surface area contributed by atoms with Crippen LogP contribution < -0.4 is 5.32 Å². The number of halogens is 2. The molecule has 0 unspecified atom stereocenters. The molecule has 84 valence electrons. The number of hydrogen-bond acceptors (Lipinski definition) is 2. The normalized spacial score (nSPS) is 10.4. The zero-order valence-corrected chi connectivity index (χ0v) is 11.9. The van der Waals surface area contributed by atoms with Gasteiger partial charge in [-0.2, -0.15) is 0 Å². The highest BCUT2D eigenvalue weighted by atomic mass is 79.9. The molecule has 0 saturated carbocycles. The minimum Gasteiger partial charge on any atom is -0.380 e. The number of aryl methyl sites for hydroxylation is 1. The summed E-state index contributed by atoms with van der Waals surface area (Å²) in [6, 6.07) is 8.10. The van der Waals surface area contributed by atoms with Gasteiger partial charge in [-0.3, -0.25) is 0 Å². The lowest BCUT2D eigenvalue weighted by Crippen LogP contribution is -1.98. The monoisotopic (exact) mass is 315 g/mol. The summed E-state index contributed by atoms with van der Waals surface area (Å²) in [5.41, 5.74) is 3.46. The molecule has 0 spiro atoms. The van der Waals surface area contributed by atoms with E-state index in [0.29, 0.717) is 0 Å². The second kappa shape index (κ2) is 5.21. The number of rotatable bonds is 3. The van der Waals surface area contributed by atoms with Gasteiger partial charge in [0.05, 0.1) is 14.5 Å². The molecule has 0 aliphatic rings. The second-order valence-corrected chi connectivity index (χ2v) is 6.29. The van der Waals surface area contributed by atoms with Crippen molar-refractivity contribution in [3.05, 3.63) is 49.6 Å². The molecule has 2 rings (SSSR count). The van der Waals surface area contributed by atoms with E-state index in [0.717, 1.165) is 21.0 Å². The summed E-state index contributed by atoms with van der Waals surface area (Å²) in [6.07, 6.45) is 0. The third-order valence-electron chi connectivity index (χ3n) is 2.23. The third kappa shape index (κ3) is 3.00. The molecular formula is C12H11BrClNS. The van der Waals surface area contributed by atoms with Crippen LogP contribution in [0.15, 0.2) is 33.4 Å². The standard InChI is InChI=1S/C12H11BrClNS/c1-8-2-3-10(14)11(4-8)15-6-9-5-12(13)16-7-9/h2-5,7,15H,6H2,1H3. The Morgan fingerprint density at radius 1 is 1.38 bits per heavy atom. The summed E-state index contributed by atoms with van der Waals surface area (Å²) in [7, 11) is 0. The van der Waals surface area contributed by atoms with Crippen LogP contribution in [-0.4, -0.2) is 0 Å². The molecule has 4 heteroatoms. The van der Waals surface area contributed by atoms with Gasteiger partial charge in [0.15, 0.2) is 0 Å². The quantitative estimate of drug-likeness (QED) is 0.832. The minimum atomic E-state index is 0.764. The van der Waals surface area contributed by atoms with Gasteiger partial charge in [0.1, 0.15) is 0 Å². The van der Waals surface area contributed by atoms with E-state index in [9.17, 15) is 0 Å². The third-order valence-corrected chi connectivity index (χ3v) is 4.11. The molecule has 1 nitrogen and oxygen atoms in total. The van der Waals surface area contributed by atoms with Crippen LogP contribution in [0.25, 0.3) is 0 Å². The summed E-state index contributed by atoms with van der Waals surface area (Å²) >= 11 is 11.2. The highest BCUT2D eigenvalue weighted by Gasteiger charge is 2.01. The van der Waals surface area contributed by atoms with Gasteiger partial charge in [-0.15, -0.1) is 11.3 Å². The highest BCUT2D eigenvalue weighted by molar-refractivity contribution is 9.11. The molecule has 1 aromatic carbocycles. The first kappa shape index (κ1) is 12.0. The SMILES string of the molecule is Cc1ccc(Cl)c(NCc2csc(Br)c2)c1. The van der Waals surface area contributed by atoms with E-state index in [2.05, 4.69) is 45.7 Å². The van der Waals surface area contributed by atoms with Crippen molar-refractivity contribution < 1.29 is 0 Å². The summed E-state index contributed by atoms with van der Waals surface area (Å²) in [5.74, 6) is 0. The van der Waals surface area contributed by atoms with E-state index in [4.69, 9.17) is 11.6 Å². The molecule has 0 bridgehead atoms. The summed E-state index contributed by atoms with van der Waals surface area (Å²) < 4.78 is 1.15. The van der Waals surface area contributed by atoms with Crippen molar-refractivity contribution in [2.24, 2.45) is 0 Å². The molecule has 0 amide bonds. The first-order valence-corrected chi connectivity index (χ1v) is 6.93. The fraction of sp³-hybridized carbons (Fsp3) is 0.167. The predicted octanol–water partition coefficient (Wildman–Crippen LogP) is 5.08. The molecule has 0 fully saturated rings. The van der Waals surface area contributed by atoms with E-state index in [1.807, 2.05) is 12.1 Å². The summed E-state index contributed by atoms with van der Waals surface area (Å²) in [6.45, 7) is 2.86. The topological polar surface area (TPSA) is 12.0 Å². The minimum absolute atomic E-state index is 0.764. The first-order valence-electron chi connectivity index (χ1n) is 4.88. The van der Waals surface area contributed by atoms with Gasteiger partial charge >= 0.3 is 0 Å². The lowest BCUT2D eigenvalue weighted by molar-refractivity contribution is 1.16. The number of hydrogen-bond donors (Lipinski definition) is 1. The van der Waals surface area contributed by atoms with Gasteiger partial charge < -0.3 is 5.32 Å². The zero-order chi connectivity index (χ0) is 11.5. The van der Waals surface area contributed by atoms with Gasteiger partial charge in [0.2, 0.25) is 0 Å². The molecule has 1 aromatic heterocycles. The lowest BCUT2D eigenvalue weighted by atomic mass is 10.2. The van der Waals surface area contributed by atoms with Crippen LogP contribution in [0.3, 0.4) is 0 Å². The first-order chi connectivity index (χ1) is 7.65. The fourth-order valence-corrected chi connectivity index (χ4v) is 2.80. The van der Waals surface area contributed by atoms with E-state index >= 15 is 0 Å². The number of nitrogens with one attached hydrogen (secondary N) is 1. The summed E-state index contributed by atoms with van der Waals surface area (Å²) in [5, 5.41) is 6.23. The largest absolute Gasteiger partial charge is 0.380 e. The predicted molar refractivity (Wildman–Crippen MR) is 75.5 cm³/mol. The van der Waals surface area contributed by atoms with Crippen LogP contribution >= 0.6 is 38.9 Å². The maximum Gasteiger partial charge on any atom is 0.0701 e. The van der Waals surface area contributed by atoms with Crippen LogP contribution in [0.2, 0.25) is 5.02 Å². The molecule has 1 N–H and O–H groups in total. The van der Waals surface area contributed by atoms with Crippen molar-refractivity contribution in [2.45, 2.75) is 13.5 Å². The fourth-order valence-electron chi connectivity index (χ4n) is 1.41. The van der Waals surface area contributed by atoms with Crippen molar-refractivity contribution in [1.82, 2.24) is 0 Å². The smallest absolute Gasteiger partial charge is 0.0701 e. The number of anilines is 1. The Balaban J connectivity index is 2.07. The molecule has 0 radical (unpaired) electrons. The van der Waals surface area contributed by atoms with Gasteiger partial charge in [-0.25, -0.2) is 0 Å². The maximum absolute atomic E-state index is 6.10. The molecule has 2 aromatic rings. The maximum atomic E-state index is 6.10. The van der Waals surface area contributed by atoms with Gasteiger partial charge in [-0.1, -0.05) is 17.7 Å². The molecule has 16 heavy (non-hydrogen) atoms. The van der Waals surface area contributed by atoms with Crippen LogP contribution in [0.5, 0.6) is 0 Å². The Morgan fingerprint density at radius 2 is 2.19 bits per heavy atom. The average Bonchev–Trinajstić information content (AvgIpc) is 2.66. The highest BCUT2D eigenvalue weighted by Crippen LogP contribution is 2.25. The van der Waals surface area contributed by atoms with E-state index in [1.165, 1.54) is 11.1 Å². The van der Waals surface area contributed by atoms with Crippen LogP contribution in [-0.2, 0) is 6.54 Å². The average molecular weight is 317 g/mol. The Kier molecular flexibility index (Phi) is 3.90. The van der Waals surface area contributed by atoms with Crippen molar-refractivity contribution in [2.75, 3.05) is 5.32 Å². The molecule has 0 saturated heterocycles. The van der Waals surface area contributed by atoms with Crippen molar-refractivity contribution in [1.29, 1.82) is 0 Å². The van der Waals surface area contributed by atoms with Gasteiger partial charge in [-0.05, 0) is 57.6 Å². The van der Waals surface area contributed by atoms with Crippen molar-refractivity contribution >= 4 is 44.6 Å². The molecule has 0 aliphatic heterocycles. The van der Waals surface area contributed by atoms with Crippen molar-refractivity contribution in [3.63, 3.8) is 0 Å². The van der Waals surface area contributed by atoms with Crippen LogP contribution in [0, 0.1) is 6.92 Å². The van der Waals surface area contributed by atoms with Gasteiger partial charge in [0, 0.05) is 6.54 Å². The molecular weight excluding hydrogens is 306 g/mol. The Labute approximate surface area is 113 Å². The van der Waals surface area contributed by atoms with E-state index in [-0.39, 0.29) is 0 Å². The Hall–Kier alpha value is -0.510. The van der Waals surface area contributed by atoms with Gasteiger partial charge in [0.25, 0.3) is 0 Å². The van der Waals surface area contributed by atoms with Crippen molar-refractivity contribution in [3.8, 4) is 0 Å². The Morgan fingerprint density at radius 3 is 2.88 bits per heavy atom.